The van der Waals surface area contributed by atoms with E-state index in [1.165, 1.54) is 0 Å². The van der Waals surface area contributed by atoms with Crippen LogP contribution in [-0.4, -0.2) is 42.9 Å². The maximum Gasteiger partial charge on any atom is 0.401 e. The van der Waals surface area contributed by atoms with Crippen LogP contribution < -0.4 is 5.32 Å². The summed E-state index contributed by atoms with van der Waals surface area (Å²) in [5, 5.41) is 11.5. The number of ether oxygens (including phenoxy) is 1. The summed E-state index contributed by atoms with van der Waals surface area (Å²) in [4.78, 5) is 23.7. The fourth-order valence-corrected chi connectivity index (χ4v) is 4.74. The molecular weight excluding hydrogens is 351 g/mol. The van der Waals surface area contributed by atoms with Gasteiger partial charge in [-0.1, -0.05) is 6.92 Å². The Hall–Kier alpha value is -1.31. The van der Waals surface area contributed by atoms with E-state index in [1.807, 2.05) is 0 Å². The summed E-state index contributed by atoms with van der Waals surface area (Å²) in [6.07, 6.45) is -2.11. The van der Waals surface area contributed by atoms with Gasteiger partial charge in [0.1, 0.15) is 6.61 Å². The van der Waals surface area contributed by atoms with Gasteiger partial charge in [-0.15, -0.1) is 0 Å². The van der Waals surface area contributed by atoms with E-state index in [4.69, 9.17) is 4.74 Å². The third kappa shape index (κ3) is 4.90. The van der Waals surface area contributed by atoms with Gasteiger partial charge in [0.15, 0.2) is 0 Å². The van der Waals surface area contributed by atoms with Crippen LogP contribution in [0.4, 0.5) is 13.2 Å². The van der Waals surface area contributed by atoms with Gasteiger partial charge in [0.2, 0.25) is 0 Å². The predicted molar refractivity (Wildman–Crippen MR) is 88.3 cm³/mol. The molecule has 0 radical (unpaired) electrons. The summed E-state index contributed by atoms with van der Waals surface area (Å²) >= 11 is 0. The predicted octanol–water partition coefficient (Wildman–Crippen LogP) is 3.09. The van der Waals surface area contributed by atoms with Crippen LogP contribution in [0.15, 0.2) is 0 Å². The molecule has 0 aromatic rings. The first kappa shape index (κ1) is 21.0. The molecule has 0 spiro atoms. The van der Waals surface area contributed by atoms with Gasteiger partial charge in [-0.2, -0.15) is 13.2 Å². The number of carboxylic acids is 1. The van der Waals surface area contributed by atoms with Crippen molar-refractivity contribution in [2.24, 2.45) is 35.0 Å². The maximum absolute atomic E-state index is 12.3. The molecule has 5 nitrogen and oxygen atoms in total. The molecule has 2 N–H and O–H groups in total. The van der Waals surface area contributed by atoms with Gasteiger partial charge in [-0.05, 0) is 56.8 Å². The number of hydrogen-bond acceptors (Lipinski definition) is 4. The summed E-state index contributed by atoms with van der Waals surface area (Å²) in [6, 6.07) is 0. The molecule has 2 fully saturated rings. The number of halogens is 3. The molecule has 150 valence electrons. The van der Waals surface area contributed by atoms with Crippen molar-refractivity contribution in [1.29, 1.82) is 0 Å². The van der Waals surface area contributed by atoms with E-state index >= 15 is 0 Å². The molecule has 2 bridgehead atoms. The number of fused-ring (bicyclic) bond motifs is 2. The molecule has 5 unspecified atom stereocenters. The van der Waals surface area contributed by atoms with Crippen LogP contribution in [0.25, 0.3) is 0 Å². The zero-order valence-electron chi connectivity index (χ0n) is 15.4. The lowest BCUT2D eigenvalue weighted by atomic mass is 9.69. The minimum atomic E-state index is -4.28. The molecule has 0 aliphatic heterocycles. The molecule has 2 aliphatic carbocycles. The van der Waals surface area contributed by atoms with Gasteiger partial charge in [-0.3, -0.25) is 9.59 Å². The van der Waals surface area contributed by atoms with Gasteiger partial charge >= 0.3 is 18.1 Å². The first-order valence-corrected chi connectivity index (χ1v) is 9.10. The Morgan fingerprint density at radius 1 is 1.23 bits per heavy atom. The Morgan fingerprint density at radius 2 is 1.88 bits per heavy atom. The van der Waals surface area contributed by atoms with Gasteiger partial charge < -0.3 is 15.2 Å². The highest BCUT2D eigenvalue weighted by Crippen LogP contribution is 2.57. The van der Waals surface area contributed by atoms with Gasteiger partial charge in [0.25, 0.3) is 0 Å². The van der Waals surface area contributed by atoms with E-state index in [-0.39, 0.29) is 36.8 Å². The normalized spacial score (nSPS) is 31.2. The molecule has 0 aromatic heterocycles. The number of carboxylic acid groups (broad SMARTS) is 1. The summed E-state index contributed by atoms with van der Waals surface area (Å²) in [7, 11) is 0. The molecule has 26 heavy (non-hydrogen) atoms. The van der Waals surface area contributed by atoms with E-state index in [0.717, 1.165) is 6.42 Å². The average Bonchev–Trinajstić information content (AvgIpc) is 3.05. The monoisotopic (exact) mass is 379 g/mol. The number of rotatable bonds is 8. The smallest absolute Gasteiger partial charge is 0.401 e. The lowest BCUT2D eigenvalue weighted by Gasteiger charge is -2.36. The van der Waals surface area contributed by atoms with Gasteiger partial charge in [0.05, 0.1) is 17.9 Å². The van der Waals surface area contributed by atoms with Crippen LogP contribution >= 0.6 is 0 Å². The van der Waals surface area contributed by atoms with Crippen molar-refractivity contribution in [3.8, 4) is 0 Å². The Morgan fingerprint density at radius 3 is 2.42 bits per heavy atom. The van der Waals surface area contributed by atoms with E-state index in [0.29, 0.717) is 18.8 Å². The van der Waals surface area contributed by atoms with E-state index in [9.17, 15) is 27.9 Å². The Kier molecular flexibility index (Phi) is 6.25. The molecule has 2 rings (SSSR count). The molecule has 5 atom stereocenters. The second-order valence-electron chi connectivity index (χ2n) is 8.38. The maximum atomic E-state index is 12.3. The van der Waals surface area contributed by atoms with Crippen molar-refractivity contribution < 1.29 is 32.6 Å². The van der Waals surface area contributed by atoms with Crippen molar-refractivity contribution in [3.63, 3.8) is 0 Å². The first-order chi connectivity index (χ1) is 11.9. The molecule has 0 amide bonds. The van der Waals surface area contributed by atoms with E-state index < -0.39 is 30.1 Å². The van der Waals surface area contributed by atoms with Crippen molar-refractivity contribution >= 4 is 11.9 Å². The van der Waals surface area contributed by atoms with Crippen molar-refractivity contribution in [2.75, 3.05) is 19.7 Å². The van der Waals surface area contributed by atoms with Crippen LogP contribution in [0.2, 0.25) is 0 Å². The number of hydrogen-bond donors (Lipinski definition) is 2. The van der Waals surface area contributed by atoms with Crippen LogP contribution in [0, 0.1) is 35.0 Å². The summed E-state index contributed by atoms with van der Waals surface area (Å²) in [6.45, 7) is 4.36. The highest BCUT2D eigenvalue weighted by molar-refractivity contribution is 5.76. The lowest BCUT2D eigenvalue weighted by Crippen LogP contribution is -2.37. The number of aliphatic carboxylic acids is 1. The standard InChI is InChI=1S/C18H28F3NO4/c1-10-12-6-11(7-13(12)15(23)24)14(10)8-17(2,3)16(25)26-5-4-22-9-18(19,20)21/h10-14,22H,4-9H2,1-3H3,(H,23,24). The molecule has 2 saturated carbocycles. The highest BCUT2D eigenvalue weighted by atomic mass is 19.4. The fraction of sp³-hybridized carbons (Fsp3) is 0.889. The third-order valence-electron chi connectivity index (χ3n) is 6.06. The highest BCUT2D eigenvalue weighted by Gasteiger charge is 2.54. The van der Waals surface area contributed by atoms with Crippen LogP contribution in [-0.2, 0) is 14.3 Å². The topological polar surface area (TPSA) is 75.6 Å². The molecule has 0 saturated heterocycles. The van der Waals surface area contributed by atoms with E-state index in [2.05, 4.69) is 12.2 Å². The lowest BCUT2D eigenvalue weighted by molar-refractivity contribution is -0.156. The minimum Gasteiger partial charge on any atom is -0.481 e. The molecule has 2 aliphatic rings. The Labute approximate surface area is 151 Å². The van der Waals surface area contributed by atoms with Crippen molar-refractivity contribution in [1.82, 2.24) is 5.32 Å². The number of nitrogens with one attached hydrogen (secondary N) is 1. The number of carbonyl (C=O) groups excluding carboxylic acids is 1. The molecular formula is C18H28F3NO4. The van der Waals surface area contributed by atoms with Crippen molar-refractivity contribution in [3.05, 3.63) is 0 Å². The second-order valence-corrected chi connectivity index (χ2v) is 8.38. The Balaban J connectivity index is 1.79. The number of esters is 1. The average molecular weight is 379 g/mol. The van der Waals surface area contributed by atoms with E-state index in [1.54, 1.807) is 13.8 Å². The number of carbonyl (C=O) groups is 2. The second kappa shape index (κ2) is 7.74. The summed E-state index contributed by atoms with van der Waals surface area (Å²) in [5.74, 6) is -0.417. The van der Waals surface area contributed by atoms with Crippen LogP contribution in [0.3, 0.4) is 0 Å². The number of alkyl halides is 3. The largest absolute Gasteiger partial charge is 0.481 e. The quantitative estimate of drug-likeness (QED) is 0.501. The Bertz CT molecular complexity index is 533. The summed E-state index contributed by atoms with van der Waals surface area (Å²) in [5.41, 5.74) is -0.744. The molecule has 0 aromatic carbocycles. The zero-order chi connectivity index (χ0) is 19.7. The first-order valence-electron chi connectivity index (χ1n) is 9.10. The molecule has 8 heteroatoms. The minimum absolute atomic E-state index is 0.0495. The zero-order valence-corrected chi connectivity index (χ0v) is 15.4. The van der Waals surface area contributed by atoms with Crippen molar-refractivity contribution in [2.45, 2.75) is 46.2 Å². The van der Waals surface area contributed by atoms with Crippen LogP contribution in [0.1, 0.15) is 40.0 Å². The van der Waals surface area contributed by atoms with Gasteiger partial charge in [-0.25, -0.2) is 0 Å². The summed E-state index contributed by atoms with van der Waals surface area (Å²) < 4.78 is 41.3. The van der Waals surface area contributed by atoms with Gasteiger partial charge in [0, 0.05) is 6.54 Å². The molecule has 0 heterocycles. The van der Waals surface area contributed by atoms with Crippen LogP contribution in [0.5, 0.6) is 0 Å². The fourth-order valence-electron chi connectivity index (χ4n) is 4.74. The SMILES string of the molecule is CC1C(CC(C)(C)C(=O)OCCNCC(F)(F)F)C2CC(C(=O)O)C1C2. The third-order valence-corrected chi connectivity index (χ3v) is 6.06.